The maximum Gasteiger partial charge on any atom is 0.255 e. The van der Waals surface area contributed by atoms with Crippen LogP contribution in [0.1, 0.15) is 43.5 Å². The highest BCUT2D eigenvalue weighted by molar-refractivity contribution is 6.01. The lowest BCUT2D eigenvalue weighted by atomic mass is 9.93. The summed E-state index contributed by atoms with van der Waals surface area (Å²) < 4.78 is 25.7. The third-order valence-corrected chi connectivity index (χ3v) is 5.67. The average Bonchev–Trinajstić information content (AvgIpc) is 3.43. The number of halogens is 1. The van der Waals surface area contributed by atoms with Crippen LogP contribution in [0.2, 0.25) is 0 Å². The van der Waals surface area contributed by atoms with E-state index in [0.717, 1.165) is 18.2 Å². The summed E-state index contributed by atoms with van der Waals surface area (Å²) >= 11 is 0. The molecule has 29 heavy (non-hydrogen) atoms. The second-order valence-electron chi connectivity index (χ2n) is 8.01. The molecule has 1 saturated heterocycles. The molecule has 1 spiro atoms. The van der Waals surface area contributed by atoms with E-state index in [-0.39, 0.29) is 18.8 Å². The molecule has 0 radical (unpaired) electrons. The monoisotopic (exact) mass is 401 g/mol. The Morgan fingerprint density at radius 2 is 2.17 bits per heavy atom. The second kappa shape index (κ2) is 7.17. The first-order valence-electron chi connectivity index (χ1n) is 9.78. The first-order valence-corrected chi connectivity index (χ1v) is 9.78. The Balaban J connectivity index is 1.54. The summed E-state index contributed by atoms with van der Waals surface area (Å²) in [7, 11) is 0. The zero-order valence-corrected chi connectivity index (χ0v) is 16.4. The van der Waals surface area contributed by atoms with Crippen LogP contribution in [0, 0.1) is 5.41 Å². The van der Waals surface area contributed by atoms with Gasteiger partial charge in [-0.3, -0.25) is 9.59 Å². The number of nitrogens with one attached hydrogen (secondary N) is 1. The summed E-state index contributed by atoms with van der Waals surface area (Å²) in [5, 5.41) is 4.18. The molecule has 1 aromatic carbocycles. The van der Waals surface area contributed by atoms with Crippen LogP contribution < -0.4 is 20.5 Å². The first kappa shape index (κ1) is 19.4. The molecule has 2 amide bonds. The van der Waals surface area contributed by atoms with Gasteiger partial charge in [0.25, 0.3) is 11.8 Å². The van der Waals surface area contributed by atoms with Gasteiger partial charge in [-0.2, -0.15) is 0 Å². The predicted molar refractivity (Wildman–Crippen MR) is 105 cm³/mol. The lowest BCUT2D eigenvalue weighted by Gasteiger charge is -2.19. The molecular formula is C21H24FN3O4. The number of fused-ring (bicyclic) bond motifs is 1. The maximum absolute atomic E-state index is 14.1. The summed E-state index contributed by atoms with van der Waals surface area (Å²) in [5.74, 6) is -0.337. The summed E-state index contributed by atoms with van der Waals surface area (Å²) in [6.45, 7) is 4.00. The van der Waals surface area contributed by atoms with Gasteiger partial charge in [0, 0.05) is 29.5 Å². The fourth-order valence-electron chi connectivity index (χ4n) is 4.04. The van der Waals surface area contributed by atoms with Gasteiger partial charge in [-0.05, 0) is 50.3 Å². The number of alkyl halides is 1. The number of pyridine rings is 1. The third kappa shape index (κ3) is 3.47. The number of primary amides is 1. The number of ether oxygens (including phenoxy) is 2. The quantitative estimate of drug-likeness (QED) is 0.742. The van der Waals surface area contributed by atoms with Gasteiger partial charge in [-0.25, -0.2) is 9.37 Å². The van der Waals surface area contributed by atoms with Crippen molar-refractivity contribution in [3.63, 3.8) is 0 Å². The van der Waals surface area contributed by atoms with Crippen LogP contribution in [0.5, 0.6) is 11.6 Å². The largest absolute Gasteiger partial charge is 0.490 e. The van der Waals surface area contributed by atoms with Gasteiger partial charge >= 0.3 is 0 Å². The molecule has 1 saturated carbocycles. The summed E-state index contributed by atoms with van der Waals surface area (Å²) in [4.78, 5) is 27.8. The minimum absolute atomic E-state index is 0.138. The van der Waals surface area contributed by atoms with Crippen LogP contribution >= 0.6 is 0 Å². The van der Waals surface area contributed by atoms with Gasteiger partial charge in [-0.15, -0.1) is 0 Å². The lowest BCUT2D eigenvalue weighted by molar-refractivity contribution is -0.124. The van der Waals surface area contributed by atoms with Crippen molar-refractivity contribution in [2.45, 2.75) is 51.4 Å². The van der Waals surface area contributed by atoms with E-state index in [1.165, 1.54) is 0 Å². The Kier molecular flexibility index (Phi) is 4.80. The van der Waals surface area contributed by atoms with Gasteiger partial charge in [0.05, 0.1) is 18.3 Å². The molecule has 154 valence electrons. The lowest BCUT2D eigenvalue weighted by Crippen LogP contribution is -2.31. The van der Waals surface area contributed by atoms with Crippen molar-refractivity contribution in [3.8, 4) is 11.6 Å². The van der Waals surface area contributed by atoms with Crippen LogP contribution in [0.15, 0.2) is 24.4 Å². The standard InChI is InChI=1S/C21H24FN3O4/c1-11(2)29-15-10-13-12(9-14(15)18(23)26)3-7-24-20(13)28-8-4-16-21(5-6-21)17(22)19(27)25-16/h3,7,9-11,16-17H,4-6,8H2,1-2H3,(H2,23,26)(H,25,27)/t16-,17+/m1/s1. The summed E-state index contributed by atoms with van der Waals surface area (Å²) in [5.41, 5.74) is 5.23. The Hall–Kier alpha value is -2.90. The molecule has 3 N–H and O–H groups in total. The fourth-order valence-corrected chi connectivity index (χ4v) is 4.04. The number of carbonyl (C=O) groups excluding carboxylic acids is 2. The zero-order chi connectivity index (χ0) is 20.8. The van der Waals surface area contributed by atoms with Gasteiger partial charge in [-0.1, -0.05) is 0 Å². The Morgan fingerprint density at radius 3 is 2.83 bits per heavy atom. The van der Waals surface area contributed by atoms with E-state index in [9.17, 15) is 14.0 Å². The van der Waals surface area contributed by atoms with E-state index < -0.39 is 23.4 Å². The van der Waals surface area contributed by atoms with E-state index in [0.29, 0.717) is 29.0 Å². The van der Waals surface area contributed by atoms with Crippen molar-refractivity contribution in [3.05, 3.63) is 30.0 Å². The molecule has 0 unspecified atom stereocenters. The molecular weight excluding hydrogens is 377 g/mol. The summed E-state index contributed by atoms with van der Waals surface area (Å²) in [6, 6.07) is 4.90. The number of hydrogen-bond acceptors (Lipinski definition) is 5. The van der Waals surface area contributed by atoms with Crippen LogP contribution in [-0.2, 0) is 4.79 Å². The van der Waals surface area contributed by atoms with E-state index in [4.69, 9.17) is 15.2 Å². The predicted octanol–water partition coefficient (Wildman–Crippen LogP) is 2.51. The molecule has 4 rings (SSSR count). The number of rotatable bonds is 7. The van der Waals surface area contributed by atoms with Gasteiger partial charge in [0.1, 0.15) is 5.75 Å². The van der Waals surface area contributed by atoms with E-state index in [1.54, 1.807) is 24.4 Å². The van der Waals surface area contributed by atoms with Crippen molar-refractivity contribution < 1.29 is 23.5 Å². The number of nitrogens with two attached hydrogens (primary N) is 1. The van der Waals surface area contributed by atoms with Gasteiger partial charge in [0.2, 0.25) is 5.88 Å². The number of nitrogens with zero attached hydrogens (tertiary/aromatic N) is 1. The molecule has 1 aliphatic carbocycles. The topological polar surface area (TPSA) is 104 Å². The Morgan fingerprint density at radius 1 is 1.41 bits per heavy atom. The number of aromatic nitrogens is 1. The van der Waals surface area contributed by atoms with Crippen molar-refractivity contribution in [2.75, 3.05) is 6.61 Å². The van der Waals surface area contributed by atoms with Crippen molar-refractivity contribution in [1.82, 2.24) is 10.3 Å². The molecule has 0 bridgehead atoms. The number of amides is 2. The van der Waals surface area contributed by atoms with Crippen molar-refractivity contribution >= 4 is 22.6 Å². The van der Waals surface area contributed by atoms with E-state index in [1.807, 2.05) is 13.8 Å². The molecule has 2 atom stereocenters. The van der Waals surface area contributed by atoms with E-state index >= 15 is 0 Å². The molecule has 1 aliphatic heterocycles. The molecule has 2 aliphatic rings. The van der Waals surface area contributed by atoms with Crippen LogP contribution in [0.4, 0.5) is 4.39 Å². The molecule has 8 heteroatoms. The van der Waals surface area contributed by atoms with Crippen LogP contribution in [0.25, 0.3) is 10.8 Å². The normalized spacial score (nSPS) is 22.1. The smallest absolute Gasteiger partial charge is 0.255 e. The molecule has 7 nitrogen and oxygen atoms in total. The minimum Gasteiger partial charge on any atom is -0.490 e. The van der Waals surface area contributed by atoms with E-state index in [2.05, 4.69) is 10.3 Å². The van der Waals surface area contributed by atoms with Crippen molar-refractivity contribution in [1.29, 1.82) is 0 Å². The first-order chi connectivity index (χ1) is 13.8. The second-order valence-corrected chi connectivity index (χ2v) is 8.01. The molecule has 1 aromatic heterocycles. The molecule has 2 aromatic rings. The highest BCUT2D eigenvalue weighted by Gasteiger charge is 2.63. The van der Waals surface area contributed by atoms with Gasteiger partial charge < -0.3 is 20.5 Å². The molecule has 2 fully saturated rings. The highest BCUT2D eigenvalue weighted by atomic mass is 19.1. The third-order valence-electron chi connectivity index (χ3n) is 5.67. The Labute approximate surface area is 167 Å². The Bertz CT molecular complexity index is 974. The SMILES string of the molecule is CC(C)Oc1cc2c(OCC[C@H]3NC(=O)[C@H](F)C34CC4)nccc2cc1C(N)=O. The fraction of sp³-hybridized carbons (Fsp3) is 0.476. The van der Waals surface area contributed by atoms with Gasteiger partial charge in [0.15, 0.2) is 6.17 Å². The summed E-state index contributed by atoms with van der Waals surface area (Å²) in [6.07, 6.45) is 1.96. The number of benzene rings is 1. The van der Waals surface area contributed by atoms with Crippen molar-refractivity contribution in [2.24, 2.45) is 11.1 Å². The number of carbonyl (C=O) groups is 2. The highest BCUT2D eigenvalue weighted by Crippen LogP contribution is 2.56. The maximum atomic E-state index is 14.1. The van der Waals surface area contributed by atoms with Crippen LogP contribution in [-0.4, -0.2) is 41.7 Å². The zero-order valence-electron chi connectivity index (χ0n) is 16.4. The number of hydrogen-bond donors (Lipinski definition) is 2. The van der Waals surface area contributed by atoms with Crippen LogP contribution in [0.3, 0.4) is 0 Å². The average molecular weight is 401 g/mol. The minimum atomic E-state index is -1.42. The molecule has 2 heterocycles.